The smallest absolute Gasteiger partial charge is 0.252 e. The number of carbonyl (C=O) groups excluding carboxylic acids is 1. The van der Waals surface area contributed by atoms with Gasteiger partial charge in [-0.1, -0.05) is 23.7 Å². The Kier molecular flexibility index (Phi) is 2.75. The van der Waals surface area contributed by atoms with E-state index in [4.69, 9.17) is 11.6 Å². The second kappa shape index (κ2) is 4.63. The topological polar surface area (TPSA) is 60.2 Å². The van der Waals surface area contributed by atoms with Crippen LogP contribution < -0.4 is 0 Å². The molecule has 5 nitrogen and oxygen atoms in total. The van der Waals surface area contributed by atoms with Gasteiger partial charge in [-0.25, -0.2) is 9.50 Å². The summed E-state index contributed by atoms with van der Waals surface area (Å²) in [6.45, 7) is 0. The van der Waals surface area contributed by atoms with Gasteiger partial charge >= 0.3 is 0 Å². The van der Waals surface area contributed by atoms with Gasteiger partial charge in [-0.15, -0.1) is 0 Å². The molecular weight excluding hydrogens is 288 g/mol. The van der Waals surface area contributed by atoms with Crippen LogP contribution in [0, 0.1) is 0 Å². The predicted molar refractivity (Wildman–Crippen MR) is 77.6 cm³/mol. The minimum Gasteiger partial charge on any atom is -0.294 e. The summed E-state index contributed by atoms with van der Waals surface area (Å²) in [5.74, 6) is 0.723. The molecule has 0 aliphatic heterocycles. The van der Waals surface area contributed by atoms with Gasteiger partial charge in [-0.2, -0.15) is 10.1 Å². The average molecular weight is 299 g/mol. The Morgan fingerprint density at radius 3 is 3.05 bits per heavy atom. The second-order valence-corrected chi connectivity index (χ2v) is 5.63. The van der Waals surface area contributed by atoms with E-state index in [0.29, 0.717) is 29.2 Å². The number of rotatable bonds is 1. The summed E-state index contributed by atoms with van der Waals surface area (Å²) >= 11 is 6.04. The number of hydrogen-bond acceptors (Lipinski definition) is 4. The van der Waals surface area contributed by atoms with E-state index in [0.717, 1.165) is 11.3 Å². The minimum atomic E-state index is 0.0890. The van der Waals surface area contributed by atoms with Crippen molar-refractivity contribution >= 4 is 23.2 Å². The molecule has 1 aliphatic carbocycles. The first-order valence-corrected chi connectivity index (χ1v) is 7.06. The maximum Gasteiger partial charge on any atom is 0.252 e. The molecule has 0 fully saturated rings. The van der Waals surface area contributed by atoms with Crippen LogP contribution >= 0.6 is 11.6 Å². The van der Waals surface area contributed by atoms with Crippen LogP contribution in [0.1, 0.15) is 34.0 Å². The van der Waals surface area contributed by atoms with Crippen LogP contribution in [0.25, 0.3) is 5.78 Å². The molecule has 1 aliphatic rings. The molecule has 104 valence electrons. The number of hydrogen-bond donors (Lipinski definition) is 0. The number of Topliss-reactive ketones (excluding diaryl/α,β-unsaturated/α-hetero) is 1. The van der Waals surface area contributed by atoms with E-state index in [1.807, 2.05) is 24.3 Å². The van der Waals surface area contributed by atoms with Gasteiger partial charge in [0.2, 0.25) is 0 Å². The van der Waals surface area contributed by atoms with Crippen LogP contribution in [-0.2, 0) is 6.42 Å². The third kappa shape index (κ3) is 2.10. The number of nitrogens with zero attached hydrogens (tertiary/aromatic N) is 4. The number of carbonyl (C=O) groups is 1. The van der Waals surface area contributed by atoms with Crippen molar-refractivity contribution in [2.75, 3.05) is 0 Å². The van der Waals surface area contributed by atoms with E-state index in [1.54, 1.807) is 6.20 Å². The highest BCUT2D eigenvalue weighted by Gasteiger charge is 2.28. The van der Waals surface area contributed by atoms with Gasteiger partial charge in [-0.05, 0) is 30.0 Å². The summed E-state index contributed by atoms with van der Waals surface area (Å²) in [6.07, 6.45) is 4.34. The lowest BCUT2D eigenvalue weighted by molar-refractivity contribution is 0.0962. The molecule has 0 N–H and O–H groups in total. The molecular formula is C15H11ClN4O. The molecule has 3 aromatic rings. The van der Waals surface area contributed by atoms with Crippen LogP contribution in [0.4, 0.5) is 0 Å². The largest absolute Gasteiger partial charge is 0.294 e. The van der Waals surface area contributed by atoms with Crippen molar-refractivity contribution in [1.29, 1.82) is 0 Å². The average Bonchev–Trinajstić information content (AvgIpc) is 2.92. The van der Waals surface area contributed by atoms with Crippen LogP contribution in [0.5, 0.6) is 0 Å². The van der Waals surface area contributed by atoms with Crippen molar-refractivity contribution in [3.05, 3.63) is 58.6 Å². The van der Waals surface area contributed by atoms with Gasteiger partial charge in [-0.3, -0.25) is 4.79 Å². The zero-order chi connectivity index (χ0) is 14.4. The standard InChI is InChI=1S/C15H11ClN4O/c16-11-3-1-2-9(4-11)10-5-13-12(14(21)6-10)7-20-15(19-13)17-8-18-20/h1-4,7-8,10H,5-6H2. The molecule has 1 unspecified atom stereocenters. The summed E-state index contributed by atoms with van der Waals surface area (Å²) in [5.41, 5.74) is 2.51. The third-order valence-corrected chi connectivity index (χ3v) is 4.08. The van der Waals surface area contributed by atoms with Crippen molar-refractivity contribution in [2.24, 2.45) is 0 Å². The fourth-order valence-corrected chi connectivity index (χ4v) is 3.02. The van der Waals surface area contributed by atoms with Gasteiger partial charge < -0.3 is 0 Å². The van der Waals surface area contributed by atoms with Crippen LogP contribution in [-0.4, -0.2) is 25.4 Å². The molecule has 0 bridgehead atoms. The quantitative estimate of drug-likeness (QED) is 0.693. The van der Waals surface area contributed by atoms with Gasteiger partial charge in [0.1, 0.15) is 6.33 Å². The van der Waals surface area contributed by atoms with Crippen LogP contribution in [0.2, 0.25) is 5.02 Å². The van der Waals surface area contributed by atoms with Crippen molar-refractivity contribution in [3.63, 3.8) is 0 Å². The van der Waals surface area contributed by atoms with Gasteiger partial charge in [0.15, 0.2) is 5.78 Å². The summed E-state index contributed by atoms with van der Waals surface area (Å²) in [5, 5.41) is 4.71. The van der Waals surface area contributed by atoms with Crippen molar-refractivity contribution < 1.29 is 4.79 Å². The summed E-state index contributed by atoms with van der Waals surface area (Å²) in [4.78, 5) is 20.9. The first-order chi connectivity index (χ1) is 10.2. The maximum absolute atomic E-state index is 12.4. The van der Waals surface area contributed by atoms with Crippen LogP contribution in [0.3, 0.4) is 0 Å². The second-order valence-electron chi connectivity index (χ2n) is 5.19. The molecule has 0 saturated heterocycles. The lowest BCUT2D eigenvalue weighted by Crippen LogP contribution is -2.21. The van der Waals surface area contributed by atoms with Gasteiger partial charge in [0.25, 0.3) is 5.78 Å². The molecule has 4 rings (SSSR count). The molecule has 1 atom stereocenters. The Morgan fingerprint density at radius 1 is 1.29 bits per heavy atom. The Hall–Kier alpha value is -2.27. The van der Waals surface area contributed by atoms with E-state index in [1.165, 1.54) is 10.8 Å². The summed E-state index contributed by atoms with van der Waals surface area (Å²) < 4.78 is 1.54. The monoisotopic (exact) mass is 298 g/mol. The van der Waals surface area contributed by atoms with Crippen LogP contribution in [0.15, 0.2) is 36.8 Å². The van der Waals surface area contributed by atoms with E-state index >= 15 is 0 Å². The molecule has 0 saturated carbocycles. The molecule has 2 heterocycles. The van der Waals surface area contributed by atoms with E-state index < -0.39 is 0 Å². The summed E-state index contributed by atoms with van der Waals surface area (Å²) in [6, 6.07) is 7.67. The van der Waals surface area contributed by atoms with Crippen molar-refractivity contribution in [1.82, 2.24) is 19.6 Å². The zero-order valence-corrected chi connectivity index (χ0v) is 11.8. The molecule has 21 heavy (non-hydrogen) atoms. The van der Waals surface area contributed by atoms with Gasteiger partial charge in [0.05, 0.1) is 11.3 Å². The number of ketones is 1. The molecule has 0 spiro atoms. The lowest BCUT2D eigenvalue weighted by atomic mass is 9.82. The number of aromatic nitrogens is 4. The molecule has 1 aromatic carbocycles. The predicted octanol–water partition coefficient (Wildman–Crippen LogP) is 2.69. The molecule has 6 heteroatoms. The number of halogens is 1. The maximum atomic E-state index is 12.4. The highest BCUT2D eigenvalue weighted by atomic mass is 35.5. The molecule has 0 radical (unpaired) electrons. The molecule has 2 aromatic heterocycles. The van der Waals surface area contributed by atoms with E-state index in [2.05, 4.69) is 15.1 Å². The van der Waals surface area contributed by atoms with Crippen molar-refractivity contribution in [3.8, 4) is 0 Å². The first-order valence-electron chi connectivity index (χ1n) is 6.68. The minimum absolute atomic E-state index is 0.0890. The fraction of sp³-hybridized carbons (Fsp3) is 0.200. The van der Waals surface area contributed by atoms with Crippen molar-refractivity contribution in [2.45, 2.75) is 18.8 Å². The fourth-order valence-electron chi connectivity index (χ4n) is 2.82. The Balaban J connectivity index is 1.78. The Labute approximate surface area is 125 Å². The Bertz CT molecular complexity index is 858. The number of benzene rings is 1. The Morgan fingerprint density at radius 2 is 2.19 bits per heavy atom. The SMILES string of the molecule is O=C1CC(c2cccc(Cl)c2)Cc2nc3ncnn3cc21. The highest BCUT2D eigenvalue weighted by Crippen LogP contribution is 2.32. The van der Waals surface area contributed by atoms with Gasteiger partial charge in [0, 0.05) is 17.6 Å². The summed E-state index contributed by atoms with van der Waals surface area (Å²) in [7, 11) is 0. The zero-order valence-electron chi connectivity index (χ0n) is 11.0. The number of fused-ring (bicyclic) bond motifs is 2. The molecule has 0 amide bonds. The third-order valence-electron chi connectivity index (χ3n) is 3.84. The lowest BCUT2D eigenvalue weighted by Gasteiger charge is -2.23. The van der Waals surface area contributed by atoms with E-state index in [-0.39, 0.29) is 11.7 Å². The first kappa shape index (κ1) is 12.5. The van der Waals surface area contributed by atoms with E-state index in [9.17, 15) is 4.79 Å². The highest BCUT2D eigenvalue weighted by molar-refractivity contribution is 6.30. The normalized spacial score (nSPS) is 18.0.